The number of hydrogen-bond acceptors (Lipinski definition) is 4. The predicted octanol–water partition coefficient (Wildman–Crippen LogP) is 3.14. The van der Waals surface area contributed by atoms with Gasteiger partial charge in [0.05, 0.1) is 0 Å². The first-order chi connectivity index (χ1) is 12.2. The van der Waals surface area contributed by atoms with Gasteiger partial charge in [-0.3, -0.25) is 9.88 Å². The van der Waals surface area contributed by atoms with Crippen LogP contribution in [0.5, 0.6) is 5.75 Å². The van der Waals surface area contributed by atoms with Gasteiger partial charge >= 0.3 is 5.97 Å². The molecule has 3 rings (SSSR count). The lowest BCUT2D eigenvalue weighted by molar-refractivity contribution is -0.139. The summed E-state index contributed by atoms with van der Waals surface area (Å²) in [4.78, 5) is 17.3. The quantitative estimate of drug-likeness (QED) is 0.800. The summed E-state index contributed by atoms with van der Waals surface area (Å²) in [6.07, 6.45) is 8.29. The number of carbonyl (C=O) groups is 1. The number of likely N-dealkylation sites (tertiary alicyclic amines) is 1. The molecule has 1 aromatic carbocycles. The molecule has 1 aliphatic heterocycles. The molecule has 132 valence electrons. The summed E-state index contributed by atoms with van der Waals surface area (Å²) in [5.41, 5.74) is 2.38. The average molecular weight is 340 g/mol. The highest BCUT2D eigenvalue weighted by molar-refractivity contribution is 5.68. The van der Waals surface area contributed by atoms with Crippen LogP contribution in [-0.4, -0.2) is 40.2 Å². The van der Waals surface area contributed by atoms with Crippen LogP contribution >= 0.6 is 0 Å². The summed E-state index contributed by atoms with van der Waals surface area (Å²) in [6, 6.07) is 12.4. The van der Waals surface area contributed by atoms with E-state index < -0.39 is 5.97 Å². The molecule has 0 unspecified atom stereocenters. The molecule has 5 heteroatoms. The lowest BCUT2D eigenvalue weighted by Gasteiger charge is -2.25. The maximum absolute atomic E-state index is 10.8. The SMILES string of the molecule is O=C(O)COc1ccccc1CN1CCC[C@H]1CCc1ccncc1. The van der Waals surface area contributed by atoms with E-state index in [4.69, 9.17) is 9.84 Å². The fourth-order valence-electron chi connectivity index (χ4n) is 3.45. The van der Waals surface area contributed by atoms with Crippen molar-refractivity contribution in [3.05, 3.63) is 59.9 Å². The number of nitrogens with zero attached hydrogens (tertiary/aromatic N) is 2. The lowest BCUT2D eigenvalue weighted by Crippen LogP contribution is -2.29. The topological polar surface area (TPSA) is 62.7 Å². The maximum Gasteiger partial charge on any atom is 0.341 e. The first-order valence-electron chi connectivity index (χ1n) is 8.78. The molecule has 0 spiro atoms. The Morgan fingerprint density at radius 3 is 2.84 bits per heavy atom. The van der Waals surface area contributed by atoms with Gasteiger partial charge in [0.15, 0.2) is 6.61 Å². The molecule has 5 nitrogen and oxygen atoms in total. The first kappa shape index (κ1) is 17.4. The van der Waals surface area contributed by atoms with Gasteiger partial charge in [0, 0.05) is 30.5 Å². The fraction of sp³-hybridized carbons (Fsp3) is 0.400. The van der Waals surface area contributed by atoms with E-state index in [0.29, 0.717) is 11.8 Å². The average Bonchev–Trinajstić information content (AvgIpc) is 3.07. The number of carboxylic acids is 1. The molecule has 2 aromatic rings. The van der Waals surface area contributed by atoms with Gasteiger partial charge < -0.3 is 9.84 Å². The number of benzene rings is 1. The first-order valence-corrected chi connectivity index (χ1v) is 8.78. The number of rotatable bonds is 8. The Bertz CT molecular complexity index is 690. The number of ether oxygens (including phenoxy) is 1. The van der Waals surface area contributed by atoms with Crippen molar-refractivity contribution in [1.29, 1.82) is 0 Å². The highest BCUT2D eigenvalue weighted by atomic mass is 16.5. The number of aryl methyl sites for hydroxylation is 1. The number of aromatic nitrogens is 1. The van der Waals surface area contributed by atoms with E-state index in [-0.39, 0.29) is 6.61 Å². The Hall–Kier alpha value is -2.40. The molecule has 0 radical (unpaired) electrons. The highest BCUT2D eigenvalue weighted by Crippen LogP contribution is 2.27. The number of carboxylic acid groups (broad SMARTS) is 1. The molecule has 2 heterocycles. The van der Waals surface area contributed by atoms with Gasteiger partial charge in [-0.05, 0) is 56.0 Å². The van der Waals surface area contributed by atoms with Gasteiger partial charge in [0.25, 0.3) is 0 Å². The molecule has 1 fully saturated rings. The normalized spacial score (nSPS) is 17.5. The zero-order chi connectivity index (χ0) is 17.5. The molecule has 0 amide bonds. The monoisotopic (exact) mass is 340 g/mol. The van der Waals surface area contributed by atoms with Crippen LogP contribution < -0.4 is 4.74 Å². The number of hydrogen-bond donors (Lipinski definition) is 1. The van der Waals surface area contributed by atoms with Crippen molar-refractivity contribution in [3.8, 4) is 5.75 Å². The summed E-state index contributed by atoms with van der Waals surface area (Å²) in [6.45, 7) is 1.58. The van der Waals surface area contributed by atoms with E-state index in [1.54, 1.807) is 0 Å². The van der Waals surface area contributed by atoms with E-state index in [0.717, 1.165) is 31.5 Å². The number of pyridine rings is 1. The van der Waals surface area contributed by atoms with Crippen LogP contribution in [-0.2, 0) is 17.8 Å². The third-order valence-corrected chi connectivity index (χ3v) is 4.71. The van der Waals surface area contributed by atoms with Crippen molar-refractivity contribution in [2.24, 2.45) is 0 Å². The molecule has 1 aliphatic rings. The summed E-state index contributed by atoms with van der Waals surface area (Å²) in [5.74, 6) is -0.282. The van der Waals surface area contributed by atoms with Crippen molar-refractivity contribution in [1.82, 2.24) is 9.88 Å². The Morgan fingerprint density at radius 2 is 2.04 bits per heavy atom. The van der Waals surface area contributed by atoms with Crippen LogP contribution in [0.4, 0.5) is 0 Å². The van der Waals surface area contributed by atoms with E-state index in [9.17, 15) is 4.79 Å². The Balaban J connectivity index is 1.60. The van der Waals surface area contributed by atoms with Gasteiger partial charge in [-0.2, -0.15) is 0 Å². The molecule has 25 heavy (non-hydrogen) atoms. The van der Waals surface area contributed by atoms with Gasteiger partial charge in [-0.1, -0.05) is 18.2 Å². The van der Waals surface area contributed by atoms with Gasteiger partial charge in [-0.25, -0.2) is 4.79 Å². The largest absolute Gasteiger partial charge is 0.482 e. The summed E-state index contributed by atoms with van der Waals surface area (Å²) >= 11 is 0. The number of aliphatic carboxylic acids is 1. The minimum absolute atomic E-state index is 0.303. The minimum Gasteiger partial charge on any atom is -0.482 e. The Kier molecular flexibility index (Phi) is 6.01. The van der Waals surface area contributed by atoms with Gasteiger partial charge in [0.2, 0.25) is 0 Å². The molecule has 0 saturated carbocycles. The third kappa shape index (κ3) is 5.03. The van der Waals surface area contributed by atoms with Crippen LogP contribution in [0.2, 0.25) is 0 Å². The van der Waals surface area contributed by atoms with Crippen LogP contribution in [0.1, 0.15) is 30.4 Å². The molecule has 1 N–H and O–H groups in total. The lowest BCUT2D eigenvalue weighted by atomic mass is 10.0. The van der Waals surface area contributed by atoms with Crippen LogP contribution in [0.3, 0.4) is 0 Å². The Labute approximate surface area is 148 Å². The molecule has 0 bridgehead atoms. The van der Waals surface area contributed by atoms with Crippen LogP contribution in [0, 0.1) is 0 Å². The van der Waals surface area contributed by atoms with Crippen LogP contribution in [0.25, 0.3) is 0 Å². The molecule has 0 aliphatic carbocycles. The zero-order valence-corrected chi connectivity index (χ0v) is 14.3. The summed E-state index contributed by atoms with van der Waals surface area (Å²) in [7, 11) is 0. The second kappa shape index (κ2) is 8.62. The van der Waals surface area contributed by atoms with E-state index in [1.165, 1.54) is 18.4 Å². The summed E-state index contributed by atoms with van der Waals surface area (Å²) < 4.78 is 5.44. The second-order valence-corrected chi connectivity index (χ2v) is 6.45. The molecule has 1 aromatic heterocycles. The second-order valence-electron chi connectivity index (χ2n) is 6.45. The van der Waals surface area contributed by atoms with E-state index in [2.05, 4.69) is 22.0 Å². The predicted molar refractivity (Wildman–Crippen MR) is 95.6 cm³/mol. The van der Waals surface area contributed by atoms with Crippen molar-refractivity contribution < 1.29 is 14.6 Å². The Morgan fingerprint density at radius 1 is 1.24 bits per heavy atom. The molecular weight excluding hydrogens is 316 g/mol. The van der Waals surface area contributed by atoms with E-state index >= 15 is 0 Å². The maximum atomic E-state index is 10.8. The minimum atomic E-state index is -0.953. The molecular formula is C20H24N2O3. The standard InChI is InChI=1S/C20H24N2O3/c23-20(24)15-25-19-6-2-1-4-17(19)14-22-13-3-5-18(22)8-7-16-9-11-21-12-10-16/h1-2,4,6,9-12,18H,3,5,7-8,13-15H2,(H,23,24)/t18-/m0/s1. The zero-order valence-electron chi connectivity index (χ0n) is 14.3. The van der Waals surface area contributed by atoms with Crippen molar-refractivity contribution >= 4 is 5.97 Å². The molecule has 1 atom stereocenters. The van der Waals surface area contributed by atoms with Crippen molar-refractivity contribution in [3.63, 3.8) is 0 Å². The molecule has 1 saturated heterocycles. The highest BCUT2D eigenvalue weighted by Gasteiger charge is 2.25. The third-order valence-electron chi connectivity index (χ3n) is 4.71. The fourth-order valence-corrected chi connectivity index (χ4v) is 3.45. The number of para-hydroxylation sites is 1. The van der Waals surface area contributed by atoms with Crippen molar-refractivity contribution in [2.45, 2.75) is 38.3 Å². The smallest absolute Gasteiger partial charge is 0.341 e. The van der Waals surface area contributed by atoms with Crippen molar-refractivity contribution in [2.75, 3.05) is 13.2 Å². The summed E-state index contributed by atoms with van der Waals surface area (Å²) in [5, 5.41) is 8.83. The van der Waals surface area contributed by atoms with Crippen LogP contribution in [0.15, 0.2) is 48.8 Å². The van der Waals surface area contributed by atoms with Gasteiger partial charge in [-0.15, -0.1) is 0 Å². The van der Waals surface area contributed by atoms with E-state index in [1.807, 2.05) is 36.7 Å². The van der Waals surface area contributed by atoms with Gasteiger partial charge in [0.1, 0.15) is 5.75 Å².